The lowest BCUT2D eigenvalue weighted by molar-refractivity contribution is -0.160. The van der Waals surface area contributed by atoms with Gasteiger partial charge >= 0.3 is 0 Å². The highest BCUT2D eigenvalue weighted by Gasteiger charge is 2.62. The zero-order chi connectivity index (χ0) is 21.8. The van der Waals surface area contributed by atoms with Crippen LogP contribution in [-0.4, -0.2) is 17.0 Å². The van der Waals surface area contributed by atoms with Gasteiger partial charge in [0.2, 0.25) is 0 Å². The first kappa shape index (κ1) is 22.8. The highest BCUT2D eigenvalue weighted by atomic mass is 16.3. The second-order valence-electron chi connectivity index (χ2n) is 13.0. The van der Waals surface area contributed by atoms with Crippen LogP contribution in [0.3, 0.4) is 0 Å². The van der Waals surface area contributed by atoms with Gasteiger partial charge in [-0.3, -0.25) is 4.79 Å². The van der Waals surface area contributed by atoms with Gasteiger partial charge in [-0.15, -0.1) is 0 Å². The lowest BCUT2D eigenvalue weighted by Crippen LogP contribution is -2.57. The fourth-order valence-corrected chi connectivity index (χ4v) is 9.06. The van der Waals surface area contributed by atoms with Crippen molar-refractivity contribution < 1.29 is 9.90 Å². The molecule has 4 saturated carbocycles. The van der Waals surface area contributed by atoms with Crippen molar-refractivity contribution in [1.29, 1.82) is 0 Å². The molecule has 1 N–H and O–H groups in total. The van der Waals surface area contributed by atoms with Gasteiger partial charge in [-0.2, -0.15) is 0 Å². The van der Waals surface area contributed by atoms with Crippen molar-refractivity contribution in [3.05, 3.63) is 0 Å². The summed E-state index contributed by atoms with van der Waals surface area (Å²) in [4.78, 5) is 13.3. The largest absolute Gasteiger partial charge is 0.393 e. The van der Waals surface area contributed by atoms with Gasteiger partial charge in [-0.25, -0.2) is 0 Å². The second kappa shape index (κ2) is 8.20. The number of aliphatic hydroxyl groups excluding tert-OH is 1. The van der Waals surface area contributed by atoms with Gasteiger partial charge in [0.05, 0.1) is 6.10 Å². The van der Waals surface area contributed by atoms with Crippen molar-refractivity contribution in [3.8, 4) is 0 Å². The van der Waals surface area contributed by atoms with Gasteiger partial charge in [-0.1, -0.05) is 54.4 Å². The van der Waals surface area contributed by atoms with E-state index in [2.05, 4.69) is 41.5 Å². The van der Waals surface area contributed by atoms with E-state index < -0.39 is 0 Å². The molecule has 0 amide bonds. The molecule has 172 valence electrons. The van der Waals surface area contributed by atoms with E-state index in [0.717, 1.165) is 55.3 Å². The van der Waals surface area contributed by atoms with Gasteiger partial charge in [0, 0.05) is 12.3 Å². The Labute approximate surface area is 186 Å². The lowest BCUT2D eigenvalue weighted by Gasteiger charge is -2.60. The first-order chi connectivity index (χ1) is 14.1. The number of fused-ring (bicyclic) bond motifs is 5. The molecule has 0 unspecified atom stereocenters. The number of hydrogen-bond donors (Lipinski definition) is 1. The molecule has 0 radical (unpaired) electrons. The first-order valence-corrected chi connectivity index (χ1v) is 13.3. The van der Waals surface area contributed by atoms with Gasteiger partial charge in [0.15, 0.2) is 0 Å². The van der Waals surface area contributed by atoms with Gasteiger partial charge in [0.25, 0.3) is 0 Å². The fourth-order valence-electron chi connectivity index (χ4n) is 9.06. The minimum atomic E-state index is -0.248. The minimum absolute atomic E-state index is 0.125. The van der Waals surface area contributed by atoms with E-state index >= 15 is 0 Å². The van der Waals surface area contributed by atoms with E-state index in [-0.39, 0.29) is 17.4 Å². The molecular formula is C28H48O2. The molecule has 4 fully saturated rings. The third kappa shape index (κ3) is 3.61. The highest BCUT2D eigenvalue weighted by Crippen LogP contribution is 2.67. The molecule has 0 aromatic rings. The molecule has 2 nitrogen and oxygen atoms in total. The Morgan fingerprint density at radius 3 is 2.30 bits per heavy atom. The van der Waals surface area contributed by atoms with Crippen molar-refractivity contribution in [1.82, 2.24) is 0 Å². The topological polar surface area (TPSA) is 37.3 Å². The molecule has 0 bridgehead atoms. The number of aliphatic hydroxyl groups is 1. The summed E-state index contributed by atoms with van der Waals surface area (Å²) in [5, 5.41) is 10.2. The summed E-state index contributed by atoms with van der Waals surface area (Å²) in [5.41, 5.74) is 0.594. The molecule has 10 atom stereocenters. The van der Waals surface area contributed by atoms with Crippen LogP contribution in [0.2, 0.25) is 0 Å². The van der Waals surface area contributed by atoms with Crippen molar-refractivity contribution in [2.24, 2.45) is 58.2 Å². The van der Waals surface area contributed by atoms with Crippen LogP contribution in [0.1, 0.15) is 106 Å². The van der Waals surface area contributed by atoms with Crippen LogP contribution in [0.5, 0.6) is 0 Å². The Kier molecular flexibility index (Phi) is 6.23. The third-order valence-electron chi connectivity index (χ3n) is 11.4. The number of hydrogen-bond acceptors (Lipinski definition) is 2. The summed E-state index contributed by atoms with van der Waals surface area (Å²) in [6, 6.07) is 0. The minimum Gasteiger partial charge on any atom is -0.393 e. The number of rotatable bonds is 5. The standard InChI is InChI=1S/C28H48O2/c1-17(2)18(3)7-8-19(4)22-9-10-23-21-16-26(30)25-15-20(29)11-13-28(25,6)24(21)12-14-27(22,23)5/h17-25,29H,7-16H2,1-6H3/t18-,19+,20+,21-,22+,23-,24-,25+,27+,28+/m0/s1. The van der Waals surface area contributed by atoms with E-state index in [1.165, 1.54) is 38.5 Å². The maximum absolute atomic E-state index is 13.3. The van der Waals surface area contributed by atoms with E-state index in [9.17, 15) is 9.90 Å². The van der Waals surface area contributed by atoms with Gasteiger partial charge in [-0.05, 0) is 97.2 Å². The van der Waals surface area contributed by atoms with Crippen LogP contribution in [-0.2, 0) is 4.79 Å². The molecular weight excluding hydrogens is 368 g/mol. The van der Waals surface area contributed by atoms with E-state index in [1.807, 2.05) is 0 Å². The Morgan fingerprint density at radius 1 is 0.933 bits per heavy atom. The predicted octanol–water partition coefficient (Wildman–Crippen LogP) is 6.89. The Bertz CT molecular complexity index is 641. The summed E-state index contributed by atoms with van der Waals surface area (Å²) in [6.45, 7) is 14.7. The average Bonchev–Trinajstić information content (AvgIpc) is 3.04. The summed E-state index contributed by atoms with van der Waals surface area (Å²) >= 11 is 0. The molecule has 2 heteroatoms. The third-order valence-corrected chi connectivity index (χ3v) is 11.4. The highest BCUT2D eigenvalue weighted by molar-refractivity contribution is 5.83. The number of ketones is 1. The number of carbonyl (C=O) groups excluding carboxylic acids is 1. The van der Waals surface area contributed by atoms with Crippen LogP contribution in [0, 0.1) is 58.2 Å². The molecule has 4 aliphatic rings. The monoisotopic (exact) mass is 416 g/mol. The summed E-state index contributed by atoms with van der Waals surface area (Å²) in [6.07, 6.45) is 11.4. The van der Waals surface area contributed by atoms with Crippen LogP contribution in [0.25, 0.3) is 0 Å². The molecule has 0 spiro atoms. The molecule has 0 aromatic heterocycles. The fraction of sp³-hybridized carbons (Fsp3) is 0.964. The molecule has 0 heterocycles. The van der Waals surface area contributed by atoms with Crippen LogP contribution >= 0.6 is 0 Å². The lowest BCUT2D eigenvalue weighted by atomic mass is 9.44. The number of carbonyl (C=O) groups is 1. The smallest absolute Gasteiger partial charge is 0.136 e. The zero-order valence-electron chi connectivity index (χ0n) is 20.6. The first-order valence-electron chi connectivity index (χ1n) is 13.3. The van der Waals surface area contributed by atoms with Crippen molar-refractivity contribution in [3.63, 3.8) is 0 Å². The van der Waals surface area contributed by atoms with E-state index in [1.54, 1.807) is 0 Å². The molecule has 0 aliphatic heterocycles. The van der Waals surface area contributed by atoms with E-state index in [0.29, 0.717) is 23.0 Å². The maximum Gasteiger partial charge on any atom is 0.136 e. The Morgan fingerprint density at radius 2 is 1.60 bits per heavy atom. The van der Waals surface area contributed by atoms with Crippen molar-refractivity contribution in [2.45, 2.75) is 112 Å². The molecule has 4 rings (SSSR count). The van der Waals surface area contributed by atoms with Gasteiger partial charge in [0.1, 0.15) is 5.78 Å². The SMILES string of the molecule is CC(C)[C@@H](C)CC[C@@H](C)[C@H]1CC[C@H]2[C@@H]3CC(=O)[C@H]4C[C@H](O)CC[C@]4(C)[C@H]3CC[C@]12C. The van der Waals surface area contributed by atoms with Crippen molar-refractivity contribution >= 4 is 5.78 Å². The normalized spacial score (nSPS) is 48.1. The molecule has 30 heavy (non-hydrogen) atoms. The van der Waals surface area contributed by atoms with Crippen LogP contribution in [0.4, 0.5) is 0 Å². The average molecular weight is 417 g/mol. The Hall–Kier alpha value is -0.370. The maximum atomic E-state index is 13.3. The molecule has 0 saturated heterocycles. The summed E-state index contributed by atoms with van der Waals surface area (Å²) in [5.74, 6) is 5.95. The van der Waals surface area contributed by atoms with Crippen LogP contribution in [0.15, 0.2) is 0 Å². The van der Waals surface area contributed by atoms with Crippen molar-refractivity contribution in [2.75, 3.05) is 0 Å². The predicted molar refractivity (Wildman–Crippen MR) is 124 cm³/mol. The Balaban J connectivity index is 1.50. The summed E-state index contributed by atoms with van der Waals surface area (Å²) in [7, 11) is 0. The second-order valence-corrected chi connectivity index (χ2v) is 13.0. The van der Waals surface area contributed by atoms with Crippen LogP contribution < -0.4 is 0 Å². The molecule has 0 aromatic carbocycles. The van der Waals surface area contributed by atoms with E-state index in [4.69, 9.17) is 0 Å². The quantitative estimate of drug-likeness (QED) is 0.529. The summed E-state index contributed by atoms with van der Waals surface area (Å²) < 4.78 is 0. The number of Topliss-reactive ketones (excluding diaryl/α,β-unsaturated/α-hetero) is 1. The molecule has 4 aliphatic carbocycles. The van der Waals surface area contributed by atoms with Gasteiger partial charge < -0.3 is 5.11 Å². The zero-order valence-corrected chi connectivity index (χ0v) is 20.6.